The van der Waals surface area contributed by atoms with Gasteiger partial charge in [0.2, 0.25) is 0 Å². The van der Waals surface area contributed by atoms with Crippen molar-refractivity contribution < 1.29 is 19.0 Å². The zero-order chi connectivity index (χ0) is 19.0. The Labute approximate surface area is 158 Å². The molecule has 27 heavy (non-hydrogen) atoms. The smallest absolute Gasteiger partial charge is 0.337 e. The van der Waals surface area contributed by atoms with Crippen molar-refractivity contribution in [1.82, 2.24) is 0 Å². The maximum absolute atomic E-state index is 11.7. The van der Waals surface area contributed by atoms with Crippen LogP contribution in [0.15, 0.2) is 48.6 Å². The zero-order valence-electron chi connectivity index (χ0n) is 15.7. The fourth-order valence-electron chi connectivity index (χ4n) is 4.19. The Morgan fingerprint density at radius 3 is 2.52 bits per heavy atom. The molecule has 0 aromatic heterocycles. The van der Waals surface area contributed by atoms with Gasteiger partial charge >= 0.3 is 5.97 Å². The summed E-state index contributed by atoms with van der Waals surface area (Å²) in [7, 11) is 4.74. The molecule has 0 spiro atoms. The molecular formula is C22H23NO4. The molecule has 0 radical (unpaired) electrons. The van der Waals surface area contributed by atoms with Crippen LogP contribution in [0, 0.1) is 5.92 Å². The molecule has 0 saturated heterocycles. The molecule has 2 aromatic carbocycles. The van der Waals surface area contributed by atoms with Crippen molar-refractivity contribution in [3.63, 3.8) is 0 Å². The minimum absolute atomic E-state index is 0.131. The Balaban J connectivity index is 1.74. The largest absolute Gasteiger partial charge is 0.497 e. The average molecular weight is 365 g/mol. The highest BCUT2D eigenvalue weighted by molar-refractivity contribution is 5.89. The van der Waals surface area contributed by atoms with Crippen LogP contribution >= 0.6 is 0 Å². The van der Waals surface area contributed by atoms with Crippen LogP contribution in [0.25, 0.3) is 0 Å². The summed E-state index contributed by atoms with van der Waals surface area (Å²) in [5.74, 6) is 1.96. The van der Waals surface area contributed by atoms with Gasteiger partial charge in [0, 0.05) is 12.0 Å². The third kappa shape index (κ3) is 2.93. The van der Waals surface area contributed by atoms with E-state index in [9.17, 15) is 4.79 Å². The van der Waals surface area contributed by atoms with Gasteiger partial charge in [0.1, 0.15) is 11.5 Å². The summed E-state index contributed by atoms with van der Waals surface area (Å²) < 4.78 is 15.9. The standard InChI is InChI=1S/C22H23NO4/c1-25-15-11-18-16-5-4-6-17(16)20(23-21(18)19(12-15)26-2)13-7-9-14(10-8-13)22(24)27-3/h4-5,7-12,16-17,20,23H,6H2,1-3H3/t16?,17?,20-/m1/s1. The summed E-state index contributed by atoms with van der Waals surface area (Å²) in [5, 5.41) is 3.68. The summed E-state index contributed by atoms with van der Waals surface area (Å²) in [6.07, 6.45) is 5.52. The van der Waals surface area contributed by atoms with Crippen molar-refractivity contribution in [2.24, 2.45) is 5.92 Å². The lowest BCUT2D eigenvalue weighted by Gasteiger charge is -2.38. The molecule has 1 aliphatic carbocycles. The number of rotatable bonds is 4. The number of fused-ring (bicyclic) bond motifs is 3. The van der Waals surface area contributed by atoms with Crippen molar-refractivity contribution in [2.75, 3.05) is 26.6 Å². The first-order valence-electron chi connectivity index (χ1n) is 9.03. The highest BCUT2D eigenvalue weighted by Gasteiger charge is 2.39. The second-order valence-corrected chi connectivity index (χ2v) is 6.88. The van der Waals surface area contributed by atoms with Crippen LogP contribution in [-0.2, 0) is 4.74 Å². The molecule has 0 fully saturated rings. The molecule has 5 nitrogen and oxygen atoms in total. The normalized spacial score (nSPS) is 22.4. The van der Waals surface area contributed by atoms with Gasteiger partial charge in [-0.2, -0.15) is 0 Å². The van der Waals surface area contributed by atoms with E-state index in [1.165, 1.54) is 12.7 Å². The molecule has 140 valence electrons. The number of anilines is 1. The van der Waals surface area contributed by atoms with Crippen molar-refractivity contribution in [1.29, 1.82) is 0 Å². The fraction of sp³-hybridized carbons (Fsp3) is 0.318. The van der Waals surface area contributed by atoms with E-state index in [0.717, 1.165) is 29.2 Å². The van der Waals surface area contributed by atoms with Gasteiger partial charge < -0.3 is 19.5 Å². The summed E-state index contributed by atoms with van der Waals surface area (Å²) in [6.45, 7) is 0. The predicted octanol–water partition coefficient (Wildman–Crippen LogP) is 4.32. The molecule has 2 aliphatic rings. The maximum Gasteiger partial charge on any atom is 0.337 e. The third-order valence-corrected chi connectivity index (χ3v) is 5.55. The summed E-state index contributed by atoms with van der Waals surface area (Å²) in [6, 6.07) is 11.8. The molecule has 5 heteroatoms. The van der Waals surface area contributed by atoms with E-state index in [4.69, 9.17) is 14.2 Å². The minimum atomic E-state index is -0.322. The van der Waals surface area contributed by atoms with Gasteiger partial charge in [-0.05, 0) is 41.7 Å². The van der Waals surface area contributed by atoms with Crippen LogP contribution in [-0.4, -0.2) is 27.3 Å². The maximum atomic E-state index is 11.7. The number of allylic oxidation sites excluding steroid dienone is 2. The Kier molecular flexibility index (Phi) is 4.52. The second kappa shape index (κ2) is 6.99. The van der Waals surface area contributed by atoms with Crippen molar-refractivity contribution in [2.45, 2.75) is 18.4 Å². The molecule has 1 heterocycles. The predicted molar refractivity (Wildman–Crippen MR) is 104 cm³/mol. The Morgan fingerprint density at radius 1 is 1.07 bits per heavy atom. The van der Waals surface area contributed by atoms with Gasteiger partial charge in [-0.1, -0.05) is 24.3 Å². The Bertz CT molecular complexity index is 888. The SMILES string of the molecule is COC(=O)c1ccc([C@H]2Nc3c(OC)cc(OC)cc3C3C=CCC32)cc1. The second-order valence-electron chi connectivity index (χ2n) is 6.88. The lowest BCUT2D eigenvalue weighted by molar-refractivity contribution is 0.0600. The molecule has 4 rings (SSSR count). The van der Waals surface area contributed by atoms with Gasteiger partial charge in [0.05, 0.1) is 38.6 Å². The molecule has 0 bridgehead atoms. The molecule has 2 aromatic rings. The van der Waals surface area contributed by atoms with Crippen LogP contribution in [0.2, 0.25) is 0 Å². The first kappa shape index (κ1) is 17.5. The van der Waals surface area contributed by atoms with E-state index in [0.29, 0.717) is 17.4 Å². The highest BCUT2D eigenvalue weighted by Crippen LogP contribution is 2.53. The van der Waals surface area contributed by atoms with E-state index < -0.39 is 0 Å². The van der Waals surface area contributed by atoms with Crippen molar-refractivity contribution >= 4 is 11.7 Å². The number of hydrogen-bond acceptors (Lipinski definition) is 5. The summed E-state index contributed by atoms with van der Waals surface area (Å²) in [4.78, 5) is 11.7. The molecule has 2 unspecified atom stereocenters. The topological polar surface area (TPSA) is 56.8 Å². The first-order chi connectivity index (χ1) is 13.2. The fourth-order valence-corrected chi connectivity index (χ4v) is 4.19. The van der Waals surface area contributed by atoms with Gasteiger partial charge in [-0.15, -0.1) is 0 Å². The van der Waals surface area contributed by atoms with Gasteiger partial charge in [0.15, 0.2) is 0 Å². The summed E-state index contributed by atoms with van der Waals surface area (Å²) in [5.41, 5.74) is 3.91. The van der Waals surface area contributed by atoms with Crippen LogP contribution in [0.5, 0.6) is 11.5 Å². The van der Waals surface area contributed by atoms with E-state index in [1.807, 2.05) is 30.3 Å². The first-order valence-corrected chi connectivity index (χ1v) is 9.03. The van der Waals surface area contributed by atoms with E-state index in [2.05, 4.69) is 23.5 Å². The van der Waals surface area contributed by atoms with E-state index in [-0.39, 0.29) is 12.0 Å². The highest BCUT2D eigenvalue weighted by atomic mass is 16.5. The molecule has 0 amide bonds. The van der Waals surface area contributed by atoms with Gasteiger partial charge in [-0.3, -0.25) is 0 Å². The zero-order valence-corrected chi connectivity index (χ0v) is 15.7. The monoisotopic (exact) mass is 365 g/mol. The molecular weight excluding hydrogens is 342 g/mol. The average Bonchev–Trinajstić information content (AvgIpc) is 3.22. The molecule has 0 saturated carbocycles. The van der Waals surface area contributed by atoms with Crippen LogP contribution < -0.4 is 14.8 Å². The number of methoxy groups -OCH3 is 3. The molecule has 3 atom stereocenters. The van der Waals surface area contributed by atoms with Crippen LogP contribution in [0.3, 0.4) is 0 Å². The number of benzene rings is 2. The molecule has 1 N–H and O–H groups in total. The van der Waals surface area contributed by atoms with Gasteiger partial charge in [-0.25, -0.2) is 4.79 Å². The van der Waals surface area contributed by atoms with Crippen molar-refractivity contribution in [3.8, 4) is 11.5 Å². The lowest BCUT2D eigenvalue weighted by Crippen LogP contribution is -2.29. The minimum Gasteiger partial charge on any atom is -0.497 e. The number of carbonyl (C=O) groups is 1. The Hall–Kier alpha value is -2.95. The van der Waals surface area contributed by atoms with E-state index >= 15 is 0 Å². The number of carbonyl (C=O) groups excluding carboxylic acids is 1. The third-order valence-electron chi connectivity index (χ3n) is 5.55. The summed E-state index contributed by atoms with van der Waals surface area (Å²) >= 11 is 0. The van der Waals surface area contributed by atoms with Crippen molar-refractivity contribution in [3.05, 3.63) is 65.2 Å². The number of hydrogen-bond donors (Lipinski definition) is 1. The number of nitrogens with one attached hydrogen (secondary N) is 1. The number of esters is 1. The Morgan fingerprint density at radius 2 is 1.85 bits per heavy atom. The van der Waals surface area contributed by atoms with Crippen LogP contribution in [0.4, 0.5) is 5.69 Å². The molecule has 1 aliphatic heterocycles. The quantitative estimate of drug-likeness (QED) is 0.646. The van der Waals surface area contributed by atoms with Crippen LogP contribution in [0.1, 0.15) is 39.9 Å². The van der Waals surface area contributed by atoms with E-state index in [1.54, 1.807) is 14.2 Å². The number of ether oxygens (including phenoxy) is 3. The lowest BCUT2D eigenvalue weighted by atomic mass is 9.76. The van der Waals surface area contributed by atoms with Gasteiger partial charge in [0.25, 0.3) is 0 Å².